The molecule has 1 aliphatic heterocycles. The Labute approximate surface area is 208 Å². The number of hydrogen-bond acceptors (Lipinski definition) is 8. The fourth-order valence-corrected chi connectivity index (χ4v) is 4.23. The van der Waals surface area contributed by atoms with Gasteiger partial charge in [-0.15, -0.1) is 10.2 Å². The molecule has 4 rings (SSSR count). The fourth-order valence-electron chi connectivity index (χ4n) is 4.23. The molecule has 0 saturated heterocycles. The zero-order valence-corrected chi connectivity index (χ0v) is 20.2. The topological polar surface area (TPSA) is 150 Å². The Bertz CT molecular complexity index is 1250. The number of hydrogen-bond donors (Lipinski definition) is 4. The van der Waals surface area contributed by atoms with E-state index in [0.717, 1.165) is 5.56 Å². The molecule has 2 aromatic heterocycles. The van der Waals surface area contributed by atoms with Crippen molar-refractivity contribution in [1.82, 2.24) is 25.2 Å². The Kier molecular flexibility index (Phi) is 7.65. The highest BCUT2D eigenvalue weighted by molar-refractivity contribution is 6.43. The Morgan fingerprint density at radius 2 is 1.97 bits per heavy atom. The van der Waals surface area contributed by atoms with Gasteiger partial charge in [0.05, 0.1) is 23.8 Å². The zero-order chi connectivity index (χ0) is 25.7. The Morgan fingerprint density at radius 3 is 2.69 bits per heavy atom. The van der Waals surface area contributed by atoms with E-state index in [1.54, 1.807) is 22.7 Å². The smallest absolute Gasteiger partial charge is 0.426 e. The Hall–Kier alpha value is -3.77. The summed E-state index contributed by atoms with van der Waals surface area (Å²) in [6.07, 6.45) is 3.97. The number of amides is 2. The van der Waals surface area contributed by atoms with Crippen LogP contribution in [0.5, 0.6) is 0 Å². The van der Waals surface area contributed by atoms with Gasteiger partial charge in [0.15, 0.2) is 5.65 Å². The van der Waals surface area contributed by atoms with Crippen LogP contribution < -0.4 is 10.6 Å². The first kappa shape index (κ1) is 25.3. The molecular formula is C24H29BN6O5. The third kappa shape index (κ3) is 5.72. The number of fused-ring (bicyclic) bond motifs is 1. The lowest BCUT2D eigenvalue weighted by Crippen LogP contribution is -2.56. The number of aromatic nitrogens is 3. The molecule has 12 heteroatoms. The first-order valence-electron chi connectivity index (χ1n) is 11.8. The number of nitrogens with zero attached hydrogens (tertiary/aromatic N) is 4. The number of carbonyl (C=O) groups excluding carboxylic acids is 2. The molecule has 36 heavy (non-hydrogen) atoms. The van der Waals surface area contributed by atoms with Crippen LogP contribution in [0.15, 0.2) is 60.1 Å². The van der Waals surface area contributed by atoms with E-state index in [4.69, 9.17) is 4.84 Å². The number of carbonyl (C=O) groups is 2. The highest BCUT2D eigenvalue weighted by atomic mass is 16.7. The molecule has 2 atom stereocenters. The van der Waals surface area contributed by atoms with Crippen LogP contribution in [0.25, 0.3) is 5.65 Å². The molecule has 0 saturated carbocycles. The van der Waals surface area contributed by atoms with Gasteiger partial charge in [-0.3, -0.25) is 14.0 Å². The quantitative estimate of drug-likeness (QED) is 0.305. The minimum atomic E-state index is -1.72. The average molecular weight is 492 g/mol. The lowest BCUT2D eigenvalue weighted by Gasteiger charge is -2.29. The van der Waals surface area contributed by atoms with E-state index in [9.17, 15) is 19.6 Å². The summed E-state index contributed by atoms with van der Waals surface area (Å²) < 4.78 is 1.64. The van der Waals surface area contributed by atoms with Gasteiger partial charge in [-0.05, 0) is 30.0 Å². The molecule has 2 unspecified atom stereocenters. The van der Waals surface area contributed by atoms with Gasteiger partial charge in [0.1, 0.15) is 6.33 Å². The van der Waals surface area contributed by atoms with E-state index in [-0.39, 0.29) is 31.2 Å². The predicted molar refractivity (Wildman–Crippen MR) is 133 cm³/mol. The predicted octanol–water partition coefficient (Wildman–Crippen LogP) is 0.760. The minimum Gasteiger partial charge on any atom is -0.426 e. The highest BCUT2D eigenvalue weighted by Gasteiger charge is 2.48. The van der Waals surface area contributed by atoms with Crippen molar-refractivity contribution in [3.05, 3.63) is 66.1 Å². The maximum Gasteiger partial charge on any atom is 0.475 e. The Morgan fingerprint density at radius 1 is 1.19 bits per heavy atom. The summed E-state index contributed by atoms with van der Waals surface area (Å²) in [6.45, 7) is 3.92. The van der Waals surface area contributed by atoms with E-state index >= 15 is 0 Å². The molecule has 11 nitrogen and oxygen atoms in total. The second kappa shape index (κ2) is 10.9. The van der Waals surface area contributed by atoms with Crippen molar-refractivity contribution < 1.29 is 24.5 Å². The van der Waals surface area contributed by atoms with Crippen molar-refractivity contribution in [2.24, 2.45) is 11.1 Å². The van der Waals surface area contributed by atoms with Crippen molar-refractivity contribution in [2.75, 3.05) is 6.54 Å². The van der Waals surface area contributed by atoms with E-state index in [1.807, 2.05) is 44.2 Å². The molecule has 2 amide bonds. The summed E-state index contributed by atoms with van der Waals surface area (Å²) in [5.74, 6) is -1.59. The summed E-state index contributed by atoms with van der Waals surface area (Å²) in [4.78, 5) is 32.0. The molecular weight excluding hydrogens is 463 g/mol. The fraction of sp³-hybridized carbons (Fsp3) is 0.375. The summed E-state index contributed by atoms with van der Waals surface area (Å²) in [6, 6.07) is 12.7. The van der Waals surface area contributed by atoms with Gasteiger partial charge >= 0.3 is 7.12 Å². The largest absolute Gasteiger partial charge is 0.475 e. The zero-order valence-electron chi connectivity index (χ0n) is 20.2. The Balaban J connectivity index is 1.48. The molecule has 0 radical (unpaired) electrons. The molecule has 1 aromatic carbocycles. The van der Waals surface area contributed by atoms with Gasteiger partial charge in [-0.25, -0.2) is 0 Å². The van der Waals surface area contributed by atoms with Crippen molar-refractivity contribution >= 4 is 30.3 Å². The van der Waals surface area contributed by atoms with Crippen LogP contribution in [0, 0.1) is 5.92 Å². The molecule has 3 heterocycles. The normalized spacial score (nSPS) is 18.0. The molecule has 3 aromatic rings. The minimum absolute atomic E-state index is 0.0654. The van der Waals surface area contributed by atoms with Crippen LogP contribution in [0.3, 0.4) is 0 Å². The van der Waals surface area contributed by atoms with Crippen LogP contribution in [0.2, 0.25) is 0 Å². The lowest BCUT2D eigenvalue weighted by molar-refractivity contribution is -0.144. The molecule has 0 bridgehead atoms. The molecule has 4 N–H and O–H groups in total. The van der Waals surface area contributed by atoms with Gasteiger partial charge in [-0.1, -0.05) is 49.3 Å². The van der Waals surface area contributed by atoms with Crippen molar-refractivity contribution in [1.29, 1.82) is 0 Å². The monoisotopic (exact) mass is 492 g/mol. The highest BCUT2D eigenvalue weighted by Crippen LogP contribution is 2.29. The van der Waals surface area contributed by atoms with Crippen LogP contribution in [0.4, 0.5) is 0 Å². The van der Waals surface area contributed by atoms with E-state index in [0.29, 0.717) is 23.3 Å². The number of rotatable bonds is 10. The van der Waals surface area contributed by atoms with Crippen LogP contribution >= 0.6 is 0 Å². The van der Waals surface area contributed by atoms with Crippen LogP contribution in [-0.4, -0.2) is 67.4 Å². The van der Waals surface area contributed by atoms with Crippen molar-refractivity contribution in [2.45, 2.75) is 44.7 Å². The number of nitrogens with one attached hydrogen (secondary N) is 2. The third-order valence-electron chi connectivity index (χ3n) is 6.01. The first-order valence-corrected chi connectivity index (χ1v) is 11.8. The van der Waals surface area contributed by atoms with Gasteiger partial charge in [-0.2, -0.15) is 0 Å². The van der Waals surface area contributed by atoms with Crippen molar-refractivity contribution in [3.8, 4) is 0 Å². The van der Waals surface area contributed by atoms with Crippen LogP contribution in [-0.2, 0) is 16.1 Å². The SMILES string of the molecule is CC(C)CC(NC(=O)C1(Cc2ccccc2)CC(CNC(=O)c2cccn3cnnc23)=NO1)B(O)O. The first-order chi connectivity index (χ1) is 17.3. The standard InChI is InChI=1S/C24H29BN6O5/c1-16(2)11-20(25(34)35)28-23(33)24(12-17-7-4-3-5-8-17)13-18(30-36-24)14-26-22(32)19-9-6-10-31-15-27-29-21(19)31/h3-10,15-16,20,34-35H,11-14H2,1-2H3,(H,26,32)(H,28,33). The number of benzene rings is 1. The number of pyridine rings is 1. The van der Waals surface area contributed by atoms with E-state index < -0.39 is 24.6 Å². The summed E-state index contributed by atoms with van der Waals surface area (Å²) >= 11 is 0. The van der Waals surface area contributed by atoms with Crippen LogP contribution in [0.1, 0.15) is 42.6 Å². The second-order valence-corrected chi connectivity index (χ2v) is 9.37. The maximum absolute atomic E-state index is 13.5. The van der Waals surface area contributed by atoms with Gasteiger partial charge in [0.25, 0.3) is 11.8 Å². The molecule has 0 aliphatic carbocycles. The summed E-state index contributed by atoms with van der Waals surface area (Å²) in [7, 11) is -1.72. The maximum atomic E-state index is 13.5. The average Bonchev–Trinajstić information content (AvgIpc) is 3.50. The van der Waals surface area contributed by atoms with Crippen molar-refractivity contribution in [3.63, 3.8) is 0 Å². The summed E-state index contributed by atoms with van der Waals surface area (Å²) in [5, 5.41) is 37.1. The van der Waals surface area contributed by atoms with Gasteiger partial charge in [0.2, 0.25) is 5.60 Å². The molecule has 0 spiro atoms. The second-order valence-electron chi connectivity index (χ2n) is 9.37. The lowest BCUT2D eigenvalue weighted by atomic mass is 9.74. The van der Waals surface area contributed by atoms with E-state index in [1.165, 1.54) is 6.33 Å². The van der Waals surface area contributed by atoms with Gasteiger partial charge < -0.3 is 25.5 Å². The molecule has 1 aliphatic rings. The molecule has 188 valence electrons. The third-order valence-corrected chi connectivity index (χ3v) is 6.01. The number of oxime groups is 1. The van der Waals surface area contributed by atoms with E-state index in [2.05, 4.69) is 26.0 Å². The summed E-state index contributed by atoms with van der Waals surface area (Å²) in [5.41, 5.74) is 0.732. The van der Waals surface area contributed by atoms with Gasteiger partial charge in [0, 0.05) is 19.0 Å². The molecule has 0 fully saturated rings.